The van der Waals surface area contributed by atoms with Gasteiger partial charge in [-0.3, -0.25) is 4.79 Å². The molecule has 1 heterocycles. The van der Waals surface area contributed by atoms with Crippen molar-refractivity contribution in [3.63, 3.8) is 0 Å². The molecule has 0 amide bonds. The maximum atomic E-state index is 11.9. The highest BCUT2D eigenvalue weighted by Crippen LogP contribution is 2.29. The minimum Gasteiger partial charge on any atom is -0.496 e. The third-order valence-electron chi connectivity index (χ3n) is 2.71. The second-order valence-electron chi connectivity index (χ2n) is 4.04. The summed E-state index contributed by atoms with van der Waals surface area (Å²) in [5.74, 6) is 0.0506. The number of nitrogens with zero attached hydrogens (tertiary/aromatic N) is 1. The second kappa shape index (κ2) is 6.41. The van der Waals surface area contributed by atoms with Crippen molar-refractivity contribution in [2.45, 2.75) is 6.92 Å². The first-order valence-electron chi connectivity index (χ1n) is 6.17. The molecule has 7 heteroatoms. The Labute approximate surface area is 125 Å². The van der Waals surface area contributed by atoms with Crippen LogP contribution in [0, 0.1) is 0 Å². The van der Waals surface area contributed by atoms with Crippen LogP contribution in [0.4, 0.5) is 0 Å². The van der Waals surface area contributed by atoms with Crippen LogP contribution in [0.5, 0.6) is 5.75 Å². The number of carbonyl (C=O) groups excluding carboxylic acids is 1. The van der Waals surface area contributed by atoms with Crippen molar-refractivity contribution >= 4 is 17.6 Å². The van der Waals surface area contributed by atoms with Gasteiger partial charge < -0.3 is 14.5 Å². The fourth-order valence-electron chi connectivity index (χ4n) is 1.75. The van der Waals surface area contributed by atoms with Crippen LogP contribution in [0.3, 0.4) is 0 Å². The quantitative estimate of drug-likeness (QED) is 0.876. The molecule has 6 nitrogen and oxygen atoms in total. The van der Waals surface area contributed by atoms with Gasteiger partial charge in [-0.2, -0.15) is 0 Å². The van der Waals surface area contributed by atoms with Gasteiger partial charge in [0.25, 0.3) is 5.56 Å². The Morgan fingerprint density at radius 3 is 2.81 bits per heavy atom. The highest BCUT2D eigenvalue weighted by Gasteiger charge is 2.15. The smallest absolute Gasteiger partial charge is 0.345 e. The van der Waals surface area contributed by atoms with Crippen molar-refractivity contribution in [3.8, 4) is 17.1 Å². The molecule has 0 aliphatic heterocycles. The van der Waals surface area contributed by atoms with Crippen molar-refractivity contribution in [1.82, 2.24) is 9.97 Å². The number of hydrogen-bond acceptors (Lipinski definition) is 5. The Balaban J connectivity index is 2.48. The topological polar surface area (TPSA) is 81.3 Å². The van der Waals surface area contributed by atoms with Gasteiger partial charge in [0, 0.05) is 11.2 Å². The van der Waals surface area contributed by atoms with E-state index in [0.29, 0.717) is 16.3 Å². The van der Waals surface area contributed by atoms with E-state index in [1.807, 2.05) is 0 Å². The number of halogens is 1. The molecule has 0 bridgehead atoms. The standard InChI is InChI=1S/C14H13ClN2O4/c1-3-21-14(19)10-7-16-12(17-13(10)18)9-6-8(15)4-5-11(9)20-2/h4-7H,3H2,1-2H3,(H,16,17,18). The Bertz CT molecular complexity index is 727. The summed E-state index contributed by atoms with van der Waals surface area (Å²) in [7, 11) is 1.50. The molecule has 21 heavy (non-hydrogen) atoms. The summed E-state index contributed by atoms with van der Waals surface area (Å²) in [6.45, 7) is 1.84. The molecular formula is C14H13ClN2O4. The average molecular weight is 309 g/mol. The first-order chi connectivity index (χ1) is 10.1. The zero-order valence-electron chi connectivity index (χ0n) is 11.5. The van der Waals surface area contributed by atoms with Gasteiger partial charge in [0.15, 0.2) is 0 Å². The lowest BCUT2D eigenvalue weighted by Gasteiger charge is -2.08. The molecule has 1 aromatic carbocycles. The first kappa shape index (κ1) is 15.1. The number of esters is 1. The number of benzene rings is 1. The molecule has 0 spiro atoms. The molecule has 0 saturated carbocycles. The van der Waals surface area contributed by atoms with E-state index < -0.39 is 11.5 Å². The molecule has 2 rings (SSSR count). The zero-order chi connectivity index (χ0) is 15.4. The van der Waals surface area contributed by atoms with E-state index in [1.54, 1.807) is 25.1 Å². The van der Waals surface area contributed by atoms with Crippen molar-refractivity contribution in [1.29, 1.82) is 0 Å². The van der Waals surface area contributed by atoms with Crippen molar-refractivity contribution < 1.29 is 14.3 Å². The Morgan fingerprint density at radius 2 is 2.19 bits per heavy atom. The van der Waals surface area contributed by atoms with Gasteiger partial charge in [0.05, 0.1) is 19.3 Å². The maximum absolute atomic E-state index is 11.9. The lowest BCUT2D eigenvalue weighted by Crippen LogP contribution is -2.21. The predicted molar refractivity (Wildman–Crippen MR) is 77.8 cm³/mol. The molecule has 0 unspecified atom stereocenters. The number of nitrogens with one attached hydrogen (secondary N) is 1. The molecule has 2 aromatic rings. The molecule has 1 aromatic heterocycles. The Morgan fingerprint density at radius 1 is 1.43 bits per heavy atom. The highest BCUT2D eigenvalue weighted by molar-refractivity contribution is 6.30. The van der Waals surface area contributed by atoms with Gasteiger partial charge in [-0.1, -0.05) is 11.6 Å². The van der Waals surface area contributed by atoms with E-state index in [-0.39, 0.29) is 18.0 Å². The summed E-state index contributed by atoms with van der Waals surface area (Å²) in [6.07, 6.45) is 1.17. The molecule has 0 radical (unpaired) electrons. The SMILES string of the molecule is CCOC(=O)c1cnc(-c2cc(Cl)ccc2OC)[nH]c1=O. The number of aromatic amines is 1. The summed E-state index contributed by atoms with van der Waals surface area (Å²) < 4.78 is 9.97. The molecule has 0 saturated heterocycles. The maximum Gasteiger partial charge on any atom is 0.345 e. The lowest BCUT2D eigenvalue weighted by molar-refractivity contribution is 0.0524. The Hall–Kier alpha value is -2.34. The van der Waals surface area contributed by atoms with Crippen LogP contribution in [-0.2, 0) is 4.74 Å². The van der Waals surface area contributed by atoms with Crippen molar-refractivity contribution in [2.75, 3.05) is 13.7 Å². The van der Waals surface area contributed by atoms with Gasteiger partial charge in [0.2, 0.25) is 0 Å². The Kier molecular flexibility index (Phi) is 4.59. The molecule has 0 fully saturated rings. The fourth-order valence-corrected chi connectivity index (χ4v) is 1.92. The summed E-state index contributed by atoms with van der Waals surface area (Å²) in [5.41, 5.74) is -0.209. The average Bonchev–Trinajstić information content (AvgIpc) is 2.47. The molecule has 0 aliphatic carbocycles. The van der Waals surface area contributed by atoms with Crippen LogP contribution in [0.15, 0.2) is 29.2 Å². The number of carbonyl (C=O) groups is 1. The third-order valence-corrected chi connectivity index (χ3v) is 2.95. The molecule has 0 aliphatic rings. The van der Waals surface area contributed by atoms with E-state index >= 15 is 0 Å². The minimum atomic E-state index is -0.712. The van der Waals surface area contributed by atoms with E-state index in [1.165, 1.54) is 13.3 Å². The number of methoxy groups -OCH3 is 1. The summed E-state index contributed by atoms with van der Waals surface area (Å²) in [6, 6.07) is 4.94. The van der Waals surface area contributed by atoms with Gasteiger partial charge >= 0.3 is 5.97 Å². The van der Waals surface area contributed by atoms with Gasteiger partial charge in [-0.15, -0.1) is 0 Å². The van der Waals surface area contributed by atoms with Crippen LogP contribution < -0.4 is 10.3 Å². The van der Waals surface area contributed by atoms with Crippen LogP contribution in [0.25, 0.3) is 11.4 Å². The van der Waals surface area contributed by atoms with E-state index in [4.69, 9.17) is 21.1 Å². The lowest BCUT2D eigenvalue weighted by atomic mass is 10.2. The first-order valence-corrected chi connectivity index (χ1v) is 6.55. The molecule has 110 valence electrons. The summed E-state index contributed by atoms with van der Waals surface area (Å²) in [5, 5.41) is 0.475. The third kappa shape index (κ3) is 3.22. The van der Waals surface area contributed by atoms with Gasteiger partial charge in [-0.25, -0.2) is 9.78 Å². The van der Waals surface area contributed by atoms with Crippen LogP contribution >= 0.6 is 11.6 Å². The van der Waals surface area contributed by atoms with Crippen LogP contribution in [0.1, 0.15) is 17.3 Å². The summed E-state index contributed by atoms with van der Waals surface area (Å²) >= 11 is 5.94. The van der Waals surface area contributed by atoms with Crippen molar-refractivity contribution in [3.05, 3.63) is 45.3 Å². The molecule has 1 N–H and O–H groups in total. The number of hydrogen-bond donors (Lipinski definition) is 1. The zero-order valence-corrected chi connectivity index (χ0v) is 12.2. The molecule has 0 atom stereocenters. The summed E-state index contributed by atoms with van der Waals surface area (Å²) in [4.78, 5) is 30.1. The normalized spacial score (nSPS) is 10.2. The monoisotopic (exact) mass is 308 g/mol. The number of aromatic nitrogens is 2. The van der Waals surface area contributed by atoms with E-state index in [2.05, 4.69) is 9.97 Å². The molecular weight excluding hydrogens is 296 g/mol. The minimum absolute atomic E-state index is 0.151. The van der Waals surface area contributed by atoms with Gasteiger partial charge in [-0.05, 0) is 25.1 Å². The second-order valence-corrected chi connectivity index (χ2v) is 4.48. The highest BCUT2D eigenvalue weighted by atomic mass is 35.5. The van der Waals surface area contributed by atoms with Gasteiger partial charge in [0.1, 0.15) is 17.1 Å². The number of H-pyrrole nitrogens is 1. The van der Waals surface area contributed by atoms with Crippen molar-refractivity contribution in [2.24, 2.45) is 0 Å². The fraction of sp³-hybridized carbons (Fsp3) is 0.214. The predicted octanol–water partition coefficient (Wildman–Crippen LogP) is 2.28. The van der Waals surface area contributed by atoms with Crippen LogP contribution in [0.2, 0.25) is 5.02 Å². The number of ether oxygens (including phenoxy) is 2. The number of rotatable bonds is 4. The van der Waals surface area contributed by atoms with Crippen LogP contribution in [-0.4, -0.2) is 29.7 Å². The largest absolute Gasteiger partial charge is 0.496 e. The van der Waals surface area contributed by atoms with E-state index in [9.17, 15) is 9.59 Å². The van der Waals surface area contributed by atoms with E-state index in [0.717, 1.165) is 0 Å².